The van der Waals surface area contributed by atoms with Crippen LogP contribution in [0.1, 0.15) is 36.5 Å². The Morgan fingerprint density at radius 2 is 1.84 bits per heavy atom. The summed E-state index contributed by atoms with van der Waals surface area (Å²) < 4.78 is 0.923. The molecular formula is C20H21BrN2O2. The van der Waals surface area contributed by atoms with Crippen LogP contribution in [0, 0.1) is 6.92 Å². The Hall–Kier alpha value is -1.98. The van der Waals surface area contributed by atoms with Gasteiger partial charge in [-0.2, -0.15) is 10.1 Å². The van der Waals surface area contributed by atoms with E-state index in [1.54, 1.807) is 0 Å². The molecule has 0 bridgehead atoms. The van der Waals surface area contributed by atoms with Crippen LogP contribution in [0.15, 0.2) is 58.1 Å². The molecule has 0 saturated heterocycles. The number of carbonyl (C=O) groups is 1. The molecule has 1 N–H and O–H groups in total. The standard InChI is InChI=1S/C20H21BrN2O2/c1-3-18-13-20(25,16-8-10-17(21)11-9-16)23(22-18)19(24)12-15-6-4-14(2)5-7-15/h4-11,25H,3,12-13H2,1-2H3/t20-/m0/s1. The maximum atomic E-state index is 12.9. The predicted molar refractivity (Wildman–Crippen MR) is 102 cm³/mol. The topological polar surface area (TPSA) is 52.9 Å². The SMILES string of the molecule is CCC1=NN(C(=O)Cc2ccc(C)cc2)[C@@](O)(c2ccc(Br)cc2)C1. The molecule has 0 spiro atoms. The van der Waals surface area contributed by atoms with Crippen molar-refractivity contribution < 1.29 is 9.90 Å². The number of hydrogen-bond acceptors (Lipinski definition) is 3. The lowest BCUT2D eigenvalue weighted by molar-refractivity contribution is -0.157. The van der Waals surface area contributed by atoms with Crippen molar-refractivity contribution in [3.63, 3.8) is 0 Å². The predicted octanol–water partition coefficient (Wildman–Crippen LogP) is 4.14. The zero-order chi connectivity index (χ0) is 18.0. The summed E-state index contributed by atoms with van der Waals surface area (Å²) in [7, 11) is 0. The highest BCUT2D eigenvalue weighted by Crippen LogP contribution is 2.36. The van der Waals surface area contributed by atoms with Crippen molar-refractivity contribution in [3.8, 4) is 0 Å². The average molecular weight is 401 g/mol. The van der Waals surface area contributed by atoms with Crippen LogP contribution in [0.2, 0.25) is 0 Å². The minimum atomic E-state index is -1.42. The van der Waals surface area contributed by atoms with Gasteiger partial charge in [0.1, 0.15) is 0 Å². The number of nitrogens with zero attached hydrogens (tertiary/aromatic N) is 2. The van der Waals surface area contributed by atoms with Crippen molar-refractivity contribution in [2.45, 2.75) is 38.8 Å². The van der Waals surface area contributed by atoms with Gasteiger partial charge in [0.15, 0.2) is 5.72 Å². The van der Waals surface area contributed by atoms with Crippen LogP contribution in [0.25, 0.3) is 0 Å². The van der Waals surface area contributed by atoms with E-state index in [0.717, 1.165) is 21.3 Å². The first kappa shape index (κ1) is 17.8. The monoisotopic (exact) mass is 400 g/mol. The average Bonchev–Trinajstić information content (AvgIpc) is 2.96. The number of carbonyl (C=O) groups excluding carboxylic acids is 1. The highest BCUT2D eigenvalue weighted by atomic mass is 79.9. The lowest BCUT2D eigenvalue weighted by Crippen LogP contribution is -2.44. The van der Waals surface area contributed by atoms with Gasteiger partial charge < -0.3 is 5.11 Å². The molecule has 0 aromatic heterocycles. The highest BCUT2D eigenvalue weighted by Gasteiger charge is 2.45. The molecule has 1 amide bonds. The van der Waals surface area contributed by atoms with Gasteiger partial charge in [-0.25, -0.2) is 0 Å². The third-order valence-electron chi connectivity index (χ3n) is 4.47. The van der Waals surface area contributed by atoms with Gasteiger partial charge in [-0.05, 0) is 31.0 Å². The van der Waals surface area contributed by atoms with Crippen molar-refractivity contribution in [2.75, 3.05) is 0 Å². The first-order valence-electron chi connectivity index (χ1n) is 8.36. The summed E-state index contributed by atoms with van der Waals surface area (Å²) in [4.78, 5) is 12.9. The second kappa shape index (κ2) is 7.10. The zero-order valence-corrected chi connectivity index (χ0v) is 16.0. The van der Waals surface area contributed by atoms with Gasteiger partial charge in [0.05, 0.1) is 6.42 Å². The highest BCUT2D eigenvalue weighted by molar-refractivity contribution is 9.10. The molecule has 3 rings (SSSR count). The van der Waals surface area contributed by atoms with Crippen molar-refractivity contribution in [2.24, 2.45) is 5.10 Å². The summed E-state index contributed by atoms with van der Waals surface area (Å²) in [5.41, 5.74) is 2.13. The number of rotatable bonds is 4. The number of halogens is 1. The molecule has 1 heterocycles. The van der Waals surface area contributed by atoms with Gasteiger partial charge in [-0.1, -0.05) is 64.8 Å². The van der Waals surface area contributed by atoms with E-state index >= 15 is 0 Å². The second-order valence-electron chi connectivity index (χ2n) is 6.39. The van der Waals surface area contributed by atoms with Crippen LogP contribution >= 0.6 is 15.9 Å². The molecule has 0 radical (unpaired) electrons. The van der Waals surface area contributed by atoms with Crippen LogP contribution in [-0.2, 0) is 16.9 Å². The summed E-state index contributed by atoms with van der Waals surface area (Å²) in [6, 6.07) is 15.2. The van der Waals surface area contributed by atoms with Crippen LogP contribution in [-0.4, -0.2) is 21.7 Å². The van der Waals surface area contributed by atoms with Gasteiger partial charge in [0.2, 0.25) is 5.91 Å². The molecule has 1 aliphatic rings. The molecule has 4 nitrogen and oxygen atoms in total. The molecule has 25 heavy (non-hydrogen) atoms. The van der Waals surface area contributed by atoms with Crippen molar-refractivity contribution in [3.05, 3.63) is 69.7 Å². The molecular weight excluding hydrogens is 380 g/mol. The summed E-state index contributed by atoms with van der Waals surface area (Å²) >= 11 is 3.40. The Morgan fingerprint density at radius 1 is 1.20 bits per heavy atom. The minimum Gasteiger partial charge on any atom is -0.365 e. The van der Waals surface area contributed by atoms with Crippen LogP contribution < -0.4 is 0 Å². The van der Waals surface area contributed by atoms with E-state index in [9.17, 15) is 9.90 Å². The first-order valence-corrected chi connectivity index (χ1v) is 9.15. The molecule has 0 saturated carbocycles. The first-order chi connectivity index (χ1) is 11.9. The molecule has 5 heteroatoms. The third-order valence-corrected chi connectivity index (χ3v) is 5.00. The van der Waals surface area contributed by atoms with Gasteiger partial charge in [-0.3, -0.25) is 4.79 Å². The number of aliphatic hydroxyl groups is 1. The van der Waals surface area contributed by atoms with E-state index in [1.165, 1.54) is 5.01 Å². The number of hydrogen-bond donors (Lipinski definition) is 1. The van der Waals surface area contributed by atoms with Gasteiger partial charge in [0, 0.05) is 22.2 Å². The molecule has 1 aliphatic heterocycles. The largest absolute Gasteiger partial charge is 0.365 e. The summed E-state index contributed by atoms with van der Waals surface area (Å²) in [6.45, 7) is 3.99. The van der Waals surface area contributed by atoms with Gasteiger partial charge in [0.25, 0.3) is 0 Å². The lowest BCUT2D eigenvalue weighted by atomic mass is 9.96. The number of amides is 1. The van der Waals surface area contributed by atoms with Crippen LogP contribution in [0.4, 0.5) is 0 Å². The van der Waals surface area contributed by atoms with Crippen molar-refractivity contribution in [1.29, 1.82) is 0 Å². The fraction of sp³-hybridized carbons (Fsp3) is 0.300. The molecule has 0 fully saturated rings. The van der Waals surface area contributed by atoms with Gasteiger partial charge in [-0.15, -0.1) is 0 Å². The molecule has 130 valence electrons. The van der Waals surface area contributed by atoms with E-state index in [1.807, 2.05) is 62.4 Å². The molecule has 0 aliphatic carbocycles. The third kappa shape index (κ3) is 3.67. The summed E-state index contributed by atoms with van der Waals surface area (Å²) in [6.07, 6.45) is 1.25. The molecule has 0 unspecified atom stereocenters. The van der Waals surface area contributed by atoms with E-state index in [2.05, 4.69) is 21.0 Å². The Balaban J connectivity index is 1.89. The second-order valence-corrected chi connectivity index (χ2v) is 7.30. The Kier molecular flexibility index (Phi) is 5.06. The van der Waals surface area contributed by atoms with Gasteiger partial charge >= 0.3 is 0 Å². The van der Waals surface area contributed by atoms with Crippen LogP contribution in [0.5, 0.6) is 0 Å². The van der Waals surface area contributed by atoms with E-state index < -0.39 is 5.72 Å². The van der Waals surface area contributed by atoms with E-state index in [-0.39, 0.29) is 12.3 Å². The maximum absolute atomic E-state index is 12.9. The fourth-order valence-corrected chi connectivity index (χ4v) is 3.24. The van der Waals surface area contributed by atoms with Crippen molar-refractivity contribution in [1.82, 2.24) is 5.01 Å². The summed E-state index contributed by atoms with van der Waals surface area (Å²) in [5.74, 6) is -0.210. The Labute approximate surface area is 156 Å². The minimum absolute atomic E-state index is 0.208. The Bertz CT molecular complexity index is 799. The van der Waals surface area contributed by atoms with Crippen molar-refractivity contribution >= 4 is 27.5 Å². The normalized spacial score (nSPS) is 19.8. The smallest absolute Gasteiger partial charge is 0.250 e. The molecule has 1 atom stereocenters. The Morgan fingerprint density at radius 3 is 2.44 bits per heavy atom. The maximum Gasteiger partial charge on any atom is 0.250 e. The quantitative estimate of drug-likeness (QED) is 0.837. The molecule has 2 aromatic rings. The number of hydrazone groups is 1. The zero-order valence-electron chi connectivity index (χ0n) is 14.4. The lowest BCUT2D eigenvalue weighted by Gasteiger charge is -2.31. The summed E-state index contributed by atoms with van der Waals surface area (Å²) in [5, 5.41) is 17.0. The number of benzene rings is 2. The van der Waals surface area contributed by atoms with E-state index in [4.69, 9.17) is 0 Å². The molecule has 2 aromatic carbocycles. The fourth-order valence-electron chi connectivity index (χ4n) is 2.97. The van der Waals surface area contributed by atoms with Crippen LogP contribution in [0.3, 0.4) is 0 Å². The number of aryl methyl sites for hydroxylation is 1. The van der Waals surface area contributed by atoms with E-state index in [0.29, 0.717) is 18.4 Å².